The number of fused-ring (bicyclic) bond motifs is 1. The molecule has 0 unspecified atom stereocenters. The van der Waals surface area contributed by atoms with Crippen molar-refractivity contribution < 1.29 is 18.3 Å². The van der Waals surface area contributed by atoms with Crippen LogP contribution in [0, 0.1) is 5.82 Å². The van der Waals surface area contributed by atoms with Crippen LogP contribution in [0.5, 0.6) is 0 Å². The number of alkyl halides is 1. The quantitative estimate of drug-likeness (QED) is 0.591. The molecule has 6 nitrogen and oxygen atoms in total. The van der Waals surface area contributed by atoms with Gasteiger partial charge in [0.25, 0.3) is 11.5 Å². The highest BCUT2D eigenvalue weighted by molar-refractivity contribution is 5.96. The predicted molar refractivity (Wildman–Crippen MR) is 124 cm³/mol. The van der Waals surface area contributed by atoms with Gasteiger partial charge in [-0.05, 0) is 55.9 Å². The maximum absolute atomic E-state index is 14.8. The molecule has 2 fully saturated rings. The molecule has 1 aliphatic carbocycles. The second-order valence-electron chi connectivity index (χ2n) is 9.23. The van der Waals surface area contributed by atoms with Gasteiger partial charge < -0.3 is 9.64 Å². The minimum atomic E-state index is -0.546. The molecule has 1 saturated carbocycles. The van der Waals surface area contributed by atoms with E-state index in [9.17, 15) is 18.4 Å². The van der Waals surface area contributed by atoms with Crippen molar-refractivity contribution in [3.05, 3.63) is 75.5 Å². The molecule has 3 aromatic rings. The fraction of sp³-hybridized carbons (Fsp3) is 0.423. The zero-order valence-corrected chi connectivity index (χ0v) is 18.9. The first-order valence-electron chi connectivity index (χ1n) is 11.7. The van der Waals surface area contributed by atoms with Gasteiger partial charge in [-0.1, -0.05) is 24.3 Å². The number of hydrogen-bond acceptors (Lipinski definition) is 4. The first kappa shape index (κ1) is 22.7. The second kappa shape index (κ2) is 9.25. The largest absolute Gasteiger partial charge is 0.376 e. The molecule has 1 aliphatic heterocycles. The van der Waals surface area contributed by atoms with E-state index in [1.54, 1.807) is 29.2 Å². The fourth-order valence-corrected chi connectivity index (χ4v) is 5.37. The van der Waals surface area contributed by atoms with Crippen molar-refractivity contribution in [1.29, 1.82) is 0 Å². The highest BCUT2D eigenvalue weighted by Gasteiger charge is 2.49. The van der Waals surface area contributed by atoms with Gasteiger partial charge in [0.15, 0.2) is 0 Å². The number of amides is 1. The zero-order valence-electron chi connectivity index (χ0n) is 18.9. The van der Waals surface area contributed by atoms with Crippen molar-refractivity contribution in [2.45, 2.75) is 50.2 Å². The van der Waals surface area contributed by atoms with Crippen molar-refractivity contribution in [3.8, 4) is 0 Å². The topological polar surface area (TPSA) is 75.3 Å². The Bertz CT molecular complexity index is 1270. The number of carbonyl (C=O) groups is 1. The summed E-state index contributed by atoms with van der Waals surface area (Å²) >= 11 is 0. The van der Waals surface area contributed by atoms with Gasteiger partial charge in [-0.15, -0.1) is 0 Å². The van der Waals surface area contributed by atoms with Gasteiger partial charge in [0.2, 0.25) is 0 Å². The van der Waals surface area contributed by atoms with E-state index < -0.39 is 12.5 Å². The van der Waals surface area contributed by atoms with E-state index in [0.717, 1.165) is 43.1 Å². The minimum Gasteiger partial charge on any atom is -0.376 e. The highest BCUT2D eigenvalue weighted by Crippen LogP contribution is 2.44. The SMILES string of the molecule is O=C(c1cc(Cc2n[nH]c(=O)c3ccccc23)ccc1F)N1CCC12CCC(OCCF)CC2. The number of benzene rings is 2. The standard InChI is InChI=1S/C26H27F2N3O3/c27-12-14-34-18-7-9-26(10-8-18)11-13-31(26)25(33)21-15-17(5-6-22(21)28)16-23-19-3-1-2-4-20(19)24(32)30-29-23/h1-6,15,18H,7-14,16H2,(H,30,32). The van der Waals surface area contributed by atoms with Crippen molar-refractivity contribution in [2.75, 3.05) is 19.8 Å². The van der Waals surface area contributed by atoms with Gasteiger partial charge in [0, 0.05) is 23.9 Å². The number of halogens is 2. The summed E-state index contributed by atoms with van der Waals surface area (Å²) in [6.07, 6.45) is 4.39. The average molecular weight is 468 g/mol. The molecular weight excluding hydrogens is 440 g/mol. The molecule has 2 heterocycles. The third-order valence-corrected chi connectivity index (χ3v) is 7.32. The van der Waals surface area contributed by atoms with Crippen LogP contribution in [-0.2, 0) is 11.2 Å². The molecule has 0 bridgehead atoms. The van der Waals surface area contributed by atoms with Crippen LogP contribution >= 0.6 is 0 Å². The van der Waals surface area contributed by atoms with E-state index in [-0.39, 0.29) is 35.3 Å². The monoisotopic (exact) mass is 467 g/mol. The van der Waals surface area contributed by atoms with Crippen LogP contribution in [0.15, 0.2) is 47.3 Å². The highest BCUT2D eigenvalue weighted by atomic mass is 19.1. The molecule has 1 amide bonds. The van der Waals surface area contributed by atoms with Crippen molar-refractivity contribution >= 4 is 16.7 Å². The molecule has 1 aromatic heterocycles. The third-order valence-electron chi connectivity index (χ3n) is 7.32. The molecule has 1 N–H and O–H groups in total. The number of carbonyl (C=O) groups excluding carboxylic acids is 1. The van der Waals surface area contributed by atoms with E-state index in [2.05, 4.69) is 10.2 Å². The van der Waals surface area contributed by atoms with E-state index in [0.29, 0.717) is 24.0 Å². The summed E-state index contributed by atoms with van der Waals surface area (Å²) in [7, 11) is 0. The van der Waals surface area contributed by atoms with Crippen LogP contribution < -0.4 is 5.56 Å². The van der Waals surface area contributed by atoms with Gasteiger partial charge in [-0.2, -0.15) is 5.10 Å². The zero-order chi connectivity index (χ0) is 23.7. The molecule has 5 rings (SSSR count). The van der Waals surface area contributed by atoms with Crippen molar-refractivity contribution in [3.63, 3.8) is 0 Å². The van der Waals surface area contributed by atoms with E-state index in [4.69, 9.17) is 4.74 Å². The number of rotatable bonds is 6. The van der Waals surface area contributed by atoms with Crippen LogP contribution in [0.25, 0.3) is 10.8 Å². The van der Waals surface area contributed by atoms with E-state index in [1.165, 1.54) is 6.07 Å². The van der Waals surface area contributed by atoms with Crippen molar-refractivity contribution in [2.24, 2.45) is 0 Å². The molecule has 178 valence electrons. The molecule has 8 heteroatoms. The van der Waals surface area contributed by atoms with E-state index in [1.807, 2.05) is 12.1 Å². The Morgan fingerprint density at radius 3 is 2.62 bits per heavy atom. The Kier molecular flexibility index (Phi) is 6.16. The maximum Gasteiger partial charge on any atom is 0.272 e. The van der Waals surface area contributed by atoms with Gasteiger partial charge >= 0.3 is 0 Å². The molecule has 1 spiro atoms. The van der Waals surface area contributed by atoms with Crippen molar-refractivity contribution in [1.82, 2.24) is 15.1 Å². The van der Waals surface area contributed by atoms with Crippen LogP contribution in [-0.4, -0.2) is 52.5 Å². The summed E-state index contributed by atoms with van der Waals surface area (Å²) < 4.78 is 32.7. The van der Waals surface area contributed by atoms with Crippen LogP contribution in [0.1, 0.15) is 53.7 Å². The summed E-state index contributed by atoms with van der Waals surface area (Å²) in [6.45, 7) is 0.217. The van der Waals surface area contributed by atoms with Crippen LogP contribution in [0.3, 0.4) is 0 Å². The second-order valence-corrected chi connectivity index (χ2v) is 9.23. The Balaban J connectivity index is 1.35. The number of nitrogens with zero attached hydrogens (tertiary/aromatic N) is 2. The summed E-state index contributed by atoms with van der Waals surface area (Å²) in [6, 6.07) is 11.8. The smallest absolute Gasteiger partial charge is 0.272 e. The summed E-state index contributed by atoms with van der Waals surface area (Å²) in [5.74, 6) is -0.844. The molecule has 1 saturated heterocycles. The lowest BCUT2D eigenvalue weighted by molar-refractivity contribution is -0.0637. The number of hydrogen-bond donors (Lipinski definition) is 1. The predicted octanol–water partition coefficient (Wildman–Crippen LogP) is 4.17. The molecule has 0 radical (unpaired) electrons. The van der Waals surface area contributed by atoms with E-state index >= 15 is 0 Å². The van der Waals surface area contributed by atoms with Gasteiger partial charge in [-0.25, -0.2) is 13.9 Å². The fourth-order valence-electron chi connectivity index (χ4n) is 5.37. The van der Waals surface area contributed by atoms with Gasteiger partial charge in [-0.3, -0.25) is 9.59 Å². The maximum atomic E-state index is 14.8. The Labute approximate surface area is 195 Å². The first-order valence-corrected chi connectivity index (χ1v) is 11.7. The summed E-state index contributed by atoms with van der Waals surface area (Å²) in [4.78, 5) is 27.2. The lowest BCUT2D eigenvalue weighted by atomic mass is 9.71. The summed E-state index contributed by atoms with van der Waals surface area (Å²) in [5, 5.41) is 7.99. The number of H-pyrrole nitrogens is 1. The number of nitrogens with one attached hydrogen (secondary N) is 1. The average Bonchev–Trinajstić information content (AvgIpc) is 2.85. The molecule has 34 heavy (non-hydrogen) atoms. The normalized spacial score (nSPS) is 22.2. The van der Waals surface area contributed by atoms with Crippen LogP contribution in [0.2, 0.25) is 0 Å². The number of aromatic amines is 1. The first-order chi connectivity index (χ1) is 16.5. The van der Waals surface area contributed by atoms with Gasteiger partial charge in [0.1, 0.15) is 12.5 Å². The minimum absolute atomic E-state index is 0.0265. The molecular formula is C26H27F2N3O3. The summed E-state index contributed by atoms with van der Waals surface area (Å²) in [5.41, 5.74) is 0.939. The molecule has 0 atom stereocenters. The third kappa shape index (κ3) is 4.11. The Morgan fingerprint density at radius 1 is 1.15 bits per heavy atom. The number of aromatic nitrogens is 2. The molecule has 2 aromatic carbocycles. The Hall–Kier alpha value is -3.13. The number of ether oxygens (including phenoxy) is 1. The lowest BCUT2D eigenvalue weighted by Gasteiger charge is -2.56. The lowest BCUT2D eigenvalue weighted by Crippen LogP contribution is -2.63. The van der Waals surface area contributed by atoms with Gasteiger partial charge in [0.05, 0.1) is 29.4 Å². The Morgan fingerprint density at radius 2 is 1.91 bits per heavy atom. The molecule has 2 aliphatic rings. The number of likely N-dealkylation sites (tertiary alicyclic amines) is 1. The van der Waals surface area contributed by atoms with Crippen LogP contribution in [0.4, 0.5) is 8.78 Å².